The number of ether oxygens (including phenoxy) is 3. The first-order valence-electron chi connectivity index (χ1n) is 11.1. The topological polar surface area (TPSA) is 96.6 Å². The fourth-order valence-corrected chi connectivity index (χ4v) is 4.18. The lowest BCUT2D eigenvalue weighted by Gasteiger charge is -2.20. The number of fused-ring (bicyclic) bond motifs is 1. The van der Waals surface area contributed by atoms with Gasteiger partial charge in [-0.2, -0.15) is 15.1 Å². The summed E-state index contributed by atoms with van der Waals surface area (Å²) in [5.41, 5.74) is 2.01. The number of thioether (sulfide) groups is 1. The monoisotopic (exact) mass is 478 g/mol. The molecule has 0 saturated heterocycles. The number of nitrogens with one attached hydrogen (secondary N) is 1. The number of amidine groups is 2. The zero-order valence-corrected chi connectivity index (χ0v) is 20.1. The van der Waals surface area contributed by atoms with Crippen LogP contribution >= 0.6 is 11.8 Å². The molecule has 2 aliphatic heterocycles. The fourth-order valence-electron chi connectivity index (χ4n) is 3.36. The molecule has 0 fully saturated rings. The van der Waals surface area contributed by atoms with Crippen LogP contribution in [0, 0.1) is 12.3 Å². The largest absolute Gasteiger partial charge is 0.490 e. The van der Waals surface area contributed by atoms with Crippen molar-refractivity contribution in [2.75, 3.05) is 19.8 Å². The van der Waals surface area contributed by atoms with Crippen molar-refractivity contribution < 1.29 is 19.0 Å². The minimum Gasteiger partial charge on any atom is -0.490 e. The average Bonchev–Trinajstić information content (AvgIpc) is 3.24. The Hall–Kier alpha value is -3.59. The highest BCUT2D eigenvalue weighted by molar-refractivity contribution is 8.26. The molecule has 1 amide bonds. The lowest BCUT2D eigenvalue weighted by Crippen LogP contribution is -2.35. The summed E-state index contributed by atoms with van der Waals surface area (Å²) < 4.78 is 17.4. The van der Waals surface area contributed by atoms with Gasteiger partial charge in [-0.15, -0.1) is 0 Å². The van der Waals surface area contributed by atoms with Crippen molar-refractivity contribution in [2.45, 2.75) is 27.2 Å². The number of hydrogen-bond acceptors (Lipinski definition) is 7. The van der Waals surface area contributed by atoms with Crippen LogP contribution in [0.4, 0.5) is 0 Å². The summed E-state index contributed by atoms with van der Waals surface area (Å²) in [6.45, 7) is 7.07. The van der Waals surface area contributed by atoms with E-state index in [0.717, 1.165) is 22.8 Å². The Morgan fingerprint density at radius 3 is 2.65 bits per heavy atom. The molecule has 2 aromatic carbocycles. The molecule has 9 heteroatoms. The van der Waals surface area contributed by atoms with E-state index in [4.69, 9.17) is 19.6 Å². The molecule has 4 rings (SSSR count). The van der Waals surface area contributed by atoms with Gasteiger partial charge in [-0.25, -0.2) is 0 Å². The van der Waals surface area contributed by atoms with Gasteiger partial charge >= 0.3 is 0 Å². The summed E-state index contributed by atoms with van der Waals surface area (Å²) in [6.07, 6.45) is 2.35. The Balaban J connectivity index is 1.46. The van der Waals surface area contributed by atoms with Crippen LogP contribution < -0.4 is 14.2 Å². The van der Waals surface area contributed by atoms with Crippen molar-refractivity contribution in [3.8, 4) is 17.2 Å². The second-order valence-corrected chi connectivity index (χ2v) is 8.56. The highest BCUT2D eigenvalue weighted by Crippen LogP contribution is 2.32. The normalized spacial score (nSPS) is 16.3. The zero-order chi connectivity index (χ0) is 24.1. The van der Waals surface area contributed by atoms with E-state index >= 15 is 0 Å². The van der Waals surface area contributed by atoms with E-state index in [2.05, 4.69) is 10.1 Å². The highest BCUT2D eigenvalue weighted by Gasteiger charge is 2.35. The maximum atomic E-state index is 12.6. The van der Waals surface area contributed by atoms with Gasteiger partial charge in [0, 0.05) is 0 Å². The van der Waals surface area contributed by atoms with Crippen LogP contribution in [0.3, 0.4) is 0 Å². The maximum Gasteiger partial charge on any atom is 0.283 e. The lowest BCUT2D eigenvalue weighted by atomic mass is 10.1. The summed E-state index contributed by atoms with van der Waals surface area (Å²) in [4.78, 5) is 16.7. The number of carbonyl (C=O) groups excluding carboxylic acids is 1. The Labute approximate surface area is 202 Å². The SMILES string of the molecule is CCOc1cc(/C=C2\C(=N)N3N=C(CC)SC3=NC2=O)ccc1OCCOc1cccc(C)c1. The van der Waals surface area contributed by atoms with Crippen molar-refractivity contribution in [1.82, 2.24) is 5.01 Å². The summed E-state index contributed by atoms with van der Waals surface area (Å²) in [7, 11) is 0. The minimum atomic E-state index is -0.456. The number of hydrazone groups is 1. The number of aliphatic imine (C=N–C) groups is 1. The fraction of sp³-hybridized carbons (Fsp3) is 0.280. The van der Waals surface area contributed by atoms with E-state index in [0.29, 0.717) is 42.1 Å². The first-order chi connectivity index (χ1) is 16.5. The van der Waals surface area contributed by atoms with Crippen molar-refractivity contribution in [3.05, 3.63) is 59.2 Å². The third-order valence-electron chi connectivity index (χ3n) is 4.98. The van der Waals surface area contributed by atoms with Gasteiger partial charge in [0.25, 0.3) is 5.91 Å². The molecule has 0 bridgehead atoms. The molecule has 0 atom stereocenters. The van der Waals surface area contributed by atoms with Crippen molar-refractivity contribution >= 4 is 39.8 Å². The van der Waals surface area contributed by atoms with Crippen LogP contribution in [-0.2, 0) is 4.79 Å². The van der Waals surface area contributed by atoms with Gasteiger partial charge in [0.15, 0.2) is 17.3 Å². The Bertz CT molecular complexity index is 1210. The van der Waals surface area contributed by atoms with Gasteiger partial charge in [0.2, 0.25) is 5.17 Å². The first-order valence-corrected chi connectivity index (χ1v) is 11.9. The second-order valence-electron chi connectivity index (χ2n) is 7.52. The number of rotatable bonds is 9. The van der Waals surface area contributed by atoms with E-state index in [-0.39, 0.29) is 11.4 Å². The molecule has 0 unspecified atom stereocenters. The number of hydrogen-bond donors (Lipinski definition) is 1. The molecule has 2 heterocycles. The minimum absolute atomic E-state index is 0.0116. The van der Waals surface area contributed by atoms with Crippen molar-refractivity contribution in [2.24, 2.45) is 10.1 Å². The van der Waals surface area contributed by atoms with Gasteiger partial charge in [0.05, 0.1) is 12.2 Å². The van der Waals surface area contributed by atoms with E-state index in [1.165, 1.54) is 16.8 Å². The standard InChI is InChI=1S/C25H26N4O4S/c1-4-22-28-29-23(26)19(24(30)27-25(29)34-22)14-17-9-10-20(21(15-17)31-5-2)33-12-11-32-18-8-6-7-16(3)13-18/h6-10,13-15,26H,4-5,11-12H2,1-3H3/b19-14+,26-23?. The molecule has 0 aromatic heterocycles. The Kier molecular flexibility index (Phi) is 7.32. The zero-order valence-electron chi connectivity index (χ0n) is 19.3. The smallest absolute Gasteiger partial charge is 0.283 e. The summed E-state index contributed by atoms with van der Waals surface area (Å²) in [5.74, 6) is 1.48. The Morgan fingerprint density at radius 1 is 1.06 bits per heavy atom. The number of nitrogens with zero attached hydrogens (tertiary/aromatic N) is 3. The second kappa shape index (κ2) is 10.6. The van der Waals surface area contributed by atoms with E-state index in [9.17, 15) is 4.79 Å². The molecule has 34 heavy (non-hydrogen) atoms. The predicted molar refractivity (Wildman–Crippen MR) is 135 cm³/mol. The number of carbonyl (C=O) groups is 1. The first kappa shape index (κ1) is 23.6. The van der Waals surface area contributed by atoms with Crippen molar-refractivity contribution in [3.63, 3.8) is 0 Å². The van der Waals surface area contributed by atoms with Gasteiger partial charge in [-0.05, 0) is 73.5 Å². The van der Waals surface area contributed by atoms with Crippen LogP contribution in [0.1, 0.15) is 31.4 Å². The van der Waals surface area contributed by atoms with Crippen LogP contribution in [-0.4, -0.2) is 46.8 Å². The number of aryl methyl sites for hydroxylation is 1. The number of benzene rings is 2. The van der Waals surface area contributed by atoms with Gasteiger partial charge in [0.1, 0.15) is 24.0 Å². The Morgan fingerprint density at radius 2 is 1.88 bits per heavy atom. The van der Waals surface area contributed by atoms with Crippen LogP contribution in [0.15, 0.2) is 58.1 Å². The van der Waals surface area contributed by atoms with E-state index < -0.39 is 5.91 Å². The molecule has 176 valence electrons. The van der Waals surface area contributed by atoms with E-state index in [1.54, 1.807) is 18.2 Å². The lowest BCUT2D eigenvalue weighted by molar-refractivity contribution is -0.114. The van der Waals surface area contributed by atoms with Gasteiger partial charge in [-0.3, -0.25) is 10.2 Å². The summed E-state index contributed by atoms with van der Waals surface area (Å²) in [6, 6.07) is 13.2. The molecule has 0 spiro atoms. The third kappa shape index (κ3) is 5.31. The third-order valence-corrected chi connectivity index (χ3v) is 6.03. The average molecular weight is 479 g/mol. The van der Waals surface area contributed by atoms with Gasteiger partial charge < -0.3 is 14.2 Å². The summed E-state index contributed by atoms with van der Waals surface area (Å²) in [5, 5.41) is 15.5. The van der Waals surface area contributed by atoms with E-state index in [1.807, 2.05) is 51.1 Å². The molecule has 0 aliphatic carbocycles. The maximum absolute atomic E-state index is 12.6. The molecule has 1 N–H and O–H groups in total. The van der Waals surface area contributed by atoms with Crippen LogP contribution in [0.2, 0.25) is 0 Å². The highest BCUT2D eigenvalue weighted by atomic mass is 32.2. The number of amides is 1. The molecule has 0 radical (unpaired) electrons. The molecule has 0 saturated carbocycles. The predicted octanol–water partition coefficient (Wildman–Crippen LogP) is 4.88. The molecular formula is C25H26N4O4S. The molecular weight excluding hydrogens is 452 g/mol. The van der Waals surface area contributed by atoms with Crippen LogP contribution in [0.5, 0.6) is 17.2 Å². The van der Waals surface area contributed by atoms with Crippen LogP contribution in [0.25, 0.3) is 6.08 Å². The molecule has 8 nitrogen and oxygen atoms in total. The van der Waals surface area contributed by atoms with Crippen molar-refractivity contribution in [1.29, 1.82) is 5.41 Å². The van der Waals surface area contributed by atoms with Gasteiger partial charge in [-0.1, -0.05) is 25.1 Å². The summed E-state index contributed by atoms with van der Waals surface area (Å²) >= 11 is 1.32. The quantitative estimate of drug-likeness (QED) is 0.408. The molecule has 2 aliphatic rings. The molecule has 2 aromatic rings.